The Morgan fingerprint density at radius 3 is 2.20 bits per heavy atom. The van der Waals surface area contributed by atoms with E-state index in [-0.39, 0.29) is 23.1 Å². The van der Waals surface area contributed by atoms with Gasteiger partial charge in [-0.05, 0) is 62.7 Å². The van der Waals surface area contributed by atoms with Gasteiger partial charge in [-0.2, -0.15) is 0 Å². The first kappa shape index (κ1) is 18.5. The highest BCUT2D eigenvalue weighted by atomic mass is 16.3. The molecule has 0 saturated heterocycles. The molecule has 5 nitrogen and oxygen atoms in total. The fourth-order valence-corrected chi connectivity index (χ4v) is 2.40. The minimum Gasteiger partial charge on any atom is -0.508 e. The summed E-state index contributed by atoms with van der Waals surface area (Å²) in [6.45, 7) is 6.14. The predicted molar refractivity (Wildman–Crippen MR) is 97.6 cm³/mol. The molecule has 0 heterocycles. The normalized spacial score (nSPS) is 11.0. The van der Waals surface area contributed by atoms with E-state index >= 15 is 0 Å². The topological polar surface area (TPSA) is 69.6 Å². The lowest BCUT2D eigenvalue weighted by molar-refractivity contribution is 0.0784. The van der Waals surface area contributed by atoms with E-state index in [9.17, 15) is 14.7 Å². The minimum absolute atomic E-state index is 0.147. The monoisotopic (exact) mass is 340 g/mol. The summed E-state index contributed by atoms with van der Waals surface area (Å²) in [7, 11) is 1.70. The fourth-order valence-electron chi connectivity index (χ4n) is 2.40. The molecule has 5 heteroatoms. The number of carbonyl (C=O) groups is 2. The molecule has 2 rings (SSSR count). The van der Waals surface area contributed by atoms with Gasteiger partial charge in [0, 0.05) is 30.3 Å². The molecule has 0 aliphatic carbocycles. The second kappa shape index (κ2) is 7.38. The van der Waals surface area contributed by atoms with Crippen molar-refractivity contribution in [2.75, 3.05) is 7.05 Å². The lowest BCUT2D eigenvalue weighted by atomic mass is 10.1. The number of rotatable bonds is 4. The van der Waals surface area contributed by atoms with Crippen LogP contribution in [-0.2, 0) is 6.54 Å². The summed E-state index contributed by atoms with van der Waals surface area (Å²) in [5.41, 5.74) is 1.56. The Morgan fingerprint density at radius 2 is 1.64 bits per heavy atom. The van der Waals surface area contributed by atoms with Crippen LogP contribution in [0.5, 0.6) is 5.75 Å². The van der Waals surface area contributed by atoms with Crippen LogP contribution < -0.4 is 5.32 Å². The van der Waals surface area contributed by atoms with E-state index in [0.717, 1.165) is 5.56 Å². The van der Waals surface area contributed by atoms with Gasteiger partial charge in [0.15, 0.2) is 0 Å². The molecule has 0 fully saturated rings. The Hall–Kier alpha value is -2.82. The first-order valence-electron chi connectivity index (χ1n) is 8.12. The SMILES string of the molecule is CN(Cc1cccc(O)c1)C(=O)c1ccc(C(=O)NC(C)(C)C)cc1. The molecule has 0 bridgehead atoms. The summed E-state index contributed by atoms with van der Waals surface area (Å²) < 4.78 is 0. The Balaban J connectivity index is 2.05. The van der Waals surface area contributed by atoms with E-state index in [4.69, 9.17) is 0 Å². The van der Waals surface area contributed by atoms with Crippen molar-refractivity contribution < 1.29 is 14.7 Å². The molecule has 0 aliphatic rings. The van der Waals surface area contributed by atoms with E-state index in [0.29, 0.717) is 17.7 Å². The van der Waals surface area contributed by atoms with E-state index in [1.807, 2.05) is 26.8 Å². The largest absolute Gasteiger partial charge is 0.508 e. The second-order valence-electron chi connectivity index (χ2n) is 7.11. The van der Waals surface area contributed by atoms with Crippen molar-refractivity contribution in [3.05, 3.63) is 65.2 Å². The minimum atomic E-state index is -0.312. The van der Waals surface area contributed by atoms with Gasteiger partial charge in [-0.15, -0.1) is 0 Å². The molecule has 0 unspecified atom stereocenters. The summed E-state index contributed by atoms with van der Waals surface area (Å²) >= 11 is 0. The molecule has 2 amide bonds. The molecule has 25 heavy (non-hydrogen) atoms. The Kier molecular flexibility index (Phi) is 5.47. The number of carbonyl (C=O) groups excluding carboxylic acids is 2. The van der Waals surface area contributed by atoms with Crippen LogP contribution >= 0.6 is 0 Å². The zero-order chi connectivity index (χ0) is 18.6. The van der Waals surface area contributed by atoms with Crippen LogP contribution in [-0.4, -0.2) is 34.4 Å². The van der Waals surface area contributed by atoms with Gasteiger partial charge in [0.2, 0.25) is 0 Å². The summed E-state index contributed by atoms with van der Waals surface area (Å²) in [5, 5.41) is 12.4. The van der Waals surface area contributed by atoms with E-state index in [1.54, 1.807) is 54.4 Å². The number of phenolic OH excluding ortho intramolecular Hbond substituents is 1. The van der Waals surface area contributed by atoms with Gasteiger partial charge in [0.05, 0.1) is 0 Å². The molecule has 0 atom stereocenters. The molecule has 0 aliphatic heterocycles. The smallest absolute Gasteiger partial charge is 0.253 e. The highest BCUT2D eigenvalue weighted by molar-refractivity contribution is 5.98. The number of nitrogens with zero attached hydrogens (tertiary/aromatic N) is 1. The molecule has 0 radical (unpaired) electrons. The molecular weight excluding hydrogens is 316 g/mol. The summed E-state index contributed by atoms with van der Waals surface area (Å²) in [5.74, 6) is -0.140. The molecule has 2 N–H and O–H groups in total. The number of phenols is 1. The predicted octanol–water partition coefficient (Wildman–Crippen LogP) is 3.19. The average Bonchev–Trinajstić information content (AvgIpc) is 2.52. The van der Waals surface area contributed by atoms with Gasteiger partial charge in [-0.3, -0.25) is 9.59 Å². The Morgan fingerprint density at radius 1 is 1.04 bits per heavy atom. The third-order valence-electron chi connectivity index (χ3n) is 3.56. The van der Waals surface area contributed by atoms with Crippen LogP contribution in [0.25, 0.3) is 0 Å². The van der Waals surface area contributed by atoms with Crippen molar-refractivity contribution in [2.24, 2.45) is 0 Å². The van der Waals surface area contributed by atoms with Gasteiger partial charge in [0.25, 0.3) is 11.8 Å². The van der Waals surface area contributed by atoms with Crippen molar-refractivity contribution in [1.82, 2.24) is 10.2 Å². The maximum absolute atomic E-state index is 12.5. The molecule has 0 saturated carbocycles. The van der Waals surface area contributed by atoms with Crippen molar-refractivity contribution in [3.63, 3.8) is 0 Å². The van der Waals surface area contributed by atoms with Crippen LogP contribution in [0.2, 0.25) is 0 Å². The molecule has 0 spiro atoms. The van der Waals surface area contributed by atoms with Gasteiger partial charge >= 0.3 is 0 Å². The van der Waals surface area contributed by atoms with Crippen molar-refractivity contribution in [3.8, 4) is 5.75 Å². The number of aromatic hydroxyl groups is 1. The zero-order valence-electron chi connectivity index (χ0n) is 15.0. The third-order valence-corrected chi connectivity index (χ3v) is 3.56. The van der Waals surface area contributed by atoms with Crippen molar-refractivity contribution >= 4 is 11.8 Å². The Bertz CT molecular complexity index is 761. The lowest BCUT2D eigenvalue weighted by Gasteiger charge is -2.21. The zero-order valence-corrected chi connectivity index (χ0v) is 15.0. The first-order chi connectivity index (χ1) is 11.7. The van der Waals surface area contributed by atoms with Crippen LogP contribution in [0.15, 0.2) is 48.5 Å². The number of hydrogen-bond acceptors (Lipinski definition) is 3. The Labute approximate surface area is 148 Å². The number of nitrogens with one attached hydrogen (secondary N) is 1. The average molecular weight is 340 g/mol. The van der Waals surface area contributed by atoms with Gasteiger partial charge < -0.3 is 15.3 Å². The van der Waals surface area contributed by atoms with Crippen LogP contribution in [0, 0.1) is 0 Å². The summed E-state index contributed by atoms with van der Waals surface area (Å²) in [6, 6.07) is 13.4. The summed E-state index contributed by atoms with van der Waals surface area (Å²) in [4.78, 5) is 26.2. The molecule has 2 aromatic rings. The van der Waals surface area contributed by atoms with Gasteiger partial charge in [-0.25, -0.2) is 0 Å². The van der Waals surface area contributed by atoms with Crippen molar-refractivity contribution in [1.29, 1.82) is 0 Å². The van der Waals surface area contributed by atoms with E-state index < -0.39 is 0 Å². The highest BCUT2D eigenvalue weighted by Gasteiger charge is 2.17. The highest BCUT2D eigenvalue weighted by Crippen LogP contribution is 2.14. The first-order valence-corrected chi connectivity index (χ1v) is 8.12. The summed E-state index contributed by atoms with van der Waals surface area (Å²) in [6.07, 6.45) is 0. The molecule has 0 aromatic heterocycles. The van der Waals surface area contributed by atoms with Crippen LogP contribution in [0.1, 0.15) is 47.1 Å². The molecule has 132 valence electrons. The van der Waals surface area contributed by atoms with Crippen LogP contribution in [0.4, 0.5) is 0 Å². The van der Waals surface area contributed by atoms with E-state index in [1.165, 1.54) is 0 Å². The number of benzene rings is 2. The fraction of sp³-hybridized carbons (Fsp3) is 0.300. The number of hydrogen-bond donors (Lipinski definition) is 2. The van der Waals surface area contributed by atoms with Crippen molar-refractivity contribution in [2.45, 2.75) is 32.9 Å². The lowest BCUT2D eigenvalue weighted by Crippen LogP contribution is -2.40. The maximum Gasteiger partial charge on any atom is 0.253 e. The van der Waals surface area contributed by atoms with E-state index in [2.05, 4.69) is 5.32 Å². The number of amides is 2. The van der Waals surface area contributed by atoms with Crippen LogP contribution in [0.3, 0.4) is 0 Å². The molecular formula is C20H24N2O3. The third kappa shape index (κ3) is 5.35. The van der Waals surface area contributed by atoms with Gasteiger partial charge in [0.1, 0.15) is 5.75 Å². The van der Waals surface area contributed by atoms with Gasteiger partial charge in [-0.1, -0.05) is 12.1 Å². The second-order valence-corrected chi connectivity index (χ2v) is 7.11. The maximum atomic E-state index is 12.5. The standard InChI is InChI=1S/C20H24N2O3/c1-20(2,3)21-18(24)15-8-10-16(11-9-15)19(25)22(4)13-14-6-5-7-17(23)12-14/h5-12,23H,13H2,1-4H3,(H,21,24). The molecule has 2 aromatic carbocycles. The quantitative estimate of drug-likeness (QED) is 0.898.